The Bertz CT molecular complexity index is 1490. The van der Waals surface area contributed by atoms with Gasteiger partial charge in [0.15, 0.2) is 0 Å². The molecule has 3 heterocycles. The highest BCUT2D eigenvalue weighted by atomic mass is 16.5. The molecule has 2 fully saturated rings. The lowest BCUT2D eigenvalue weighted by Gasteiger charge is -2.31. The van der Waals surface area contributed by atoms with Gasteiger partial charge in [-0.2, -0.15) is 0 Å². The molecular formula is C32H42N8O6. The van der Waals surface area contributed by atoms with E-state index in [1.165, 1.54) is 0 Å². The van der Waals surface area contributed by atoms with Crippen LogP contribution in [0, 0.1) is 5.92 Å². The van der Waals surface area contributed by atoms with E-state index in [2.05, 4.69) is 36.2 Å². The van der Waals surface area contributed by atoms with Crippen molar-refractivity contribution in [3.63, 3.8) is 0 Å². The van der Waals surface area contributed by atoms with Crippen molar-refractivity contribution in [2.24, 2.45) is 5.92 Å². The molecule has 14 heteroatoms. The highest BCUT2D eigenvalue weighted by Gasteiger charge is 2.30. The number of hydrogen-bond donors (Lipinski definition) is 5. The molecule has 0 saturated heterocycles. The average Bonchev–Trinajstić information content (AvgIpc) is 3.88. The molecule has 5 rings (SSSR count). The molecule has 0 aromatic carbocycles. The summed E-state index contributed by atoms with van der Waals surface area (Å²) in [5.74, 6) is 1.07. The van der Waals surface area contributed by atoms with E-state index in [-0.39, 0.29) is 36.9 Å². The van der Waals surface area contributed by atoms with Crippen LogP contribution in [0.1, 0.15) is 48.9 Å². The Morgan fingerprint density at radius 3 is 2.46 bits per heavy atom. The molecule has 14 nitrogen and oxygen atoms in total. The van der Waals surface area contributed by atoms with Gasteiger partial charge in [0.25, 0.3) is 5.91 Å². The molecule has 0 bridgehead atoms. The van der Waals surface area contributed by atoms with Gasteiger partial charge in [-0.3, -0.25) is 14.6 Å². The Balaban J connectivity index is 1.06. The van der Waals surface area contributed by atoms with Gasteiger partial charge in [-0.25, -0.2) is 14.8 Å². The Labute approximate surface area is 267 Å². The molecule has 2 aliphatic rings. The summed E-state index contributed by atoms with van der Waals surface area (Å²) >= 11 is 0. The van der Waals surface area contributed by atoms with E-state index in [1.54, 1.807) is 30.5 Å². The zero-order valence-corrected chi connectivity index (χ0v) is 26.0. The fourth-order valence-electron chi connectivity index (χ4n) is 5.36. The molecule has 2 saturated carbocycles. The van der Waals surface area contributed by atoms with Crippen molar-refractivity contribution in [1.82, 2.24) is 30.5 Å². The Hall–Kier alpha value is -4.56. The van der Waals surface area contributed by atoms with E-state index in [4.69, 9.17) is 14.6 Å². The maximum absolute atomic E-state index is 13.4. The number of fused-ring (bicyclic) bond motifs is 1. The van der Waals surface area contributed by atoms with Crippen LogP contribution in [-0.2, 0) is 14.3 Å². The molecule has 46 heavy (non-hydrogen) atoms. The molecule has 0 spiro atoms. The van der Waals surface area contributed by atoms with Gasteiger partial charge < -0.3 is 40.7 Å². The lowest BCUT2D eigenvalue weighted by molar-refractivity contribution is -0.136. The molecule has 3 aromatic rings. The maximum Gasteiger partial charge on any atom is 0.404 e. The molecular weight excluding hydrogens is 592 g/mol. The zero-order valence-electron chi connectivity index (χ0n) is 26.0. The SMILES string of the molecule is CN(CCOCCOCCNC(=O)O)C(=O)C1CCC(NC(=O)c2cnc(Nc3ccc4cnccc4n3)cc2NC2CC2)CC1. The third-order valence-corrected chi connectivity index (χ3v) is 8.08. The summed E-state index contributed by atoms with van der Waals surface area (Å²) in [7, 11) is 1.78. The predicted octanol–water partition coefficient (Wildman–Crippen LogP) is 3.39. The van der Waals surface area contributed by atoms with Crippen LogP contribution in [0.25, 0.3) is 10.9 Å². The number of aromatic nitrogens is 3. The number of ether oxygens (including phenoxy) is 2. The van der Waals surface area contributed by atoms with Crippen molar-refractivity contribution in [2.75, 3.05) is 57.2 Å². The normalized spacial score (nSPS) is 17.7. The molecule has 3 amide bonds. The van der Waals surface area contributed by atoms with Gasteiger partial charge in [0.1, 0.15) is 11.6 Å². The molecule has 0 atom stereocenters. The molecule has 5 N–H and O–H groups in total. The Morgan fingerprint density at radius 2 is 1.70 bits per heavy atom. The van der Waals surface area contributed by atoms with E-state index in [0.717, 1.165) is 42.3 Å². The maximum atomic E-state index is 13.4. The first-order valence-electron chi connectivity index (χ1n) is 15.8. The number of nitrogens with one attached hydrogen (secondary N) is 4. The highest BCUT2D eigenvalue weighted by molar-refractivity contribution is 6.00. The average molecular weight is 635 g/mol. The first-order chi connectivity index (χ1) is 22.4. The smallest absolute Gasteiger partial charge is 0.404 e. The van der Waals surface area contributed by atoms with Crippen molar-refractivity contribution in [1.29, 1.82) is 0 Å². The predicted molar refractivity (Wildman–Crippen MR) is 172 cm³/mol. The summed E-state index contributed by atoms with van der Waals surface area (Å²) in [6, 6.07) is 7.86. The summed E-state index contributed by atoms with van der Waals surface area (Å²) < 4.78 is 10.8. The summed E-state index contributed by atoms with van der Waals surface area (Å²) in [6.45, 7) is 2.08. The molecule has 2 aliphatic carbocycles. The molecule has 3 aromatic heterocycles. The minimum atomic E-state index is -1.08. The lowest BCUT2D eigenvalue weighted by atomic mass is 9.85. The van der Waals surface area contributed by atoms with Gasteiger partial charge in [0.05, 0.1) is 43.2 Å². The molecule has 0 aliphatic heterocycles. The van der Waals surface area contributed by atoms with Crippen LogP contribution >= 0.6 is 0 Å². The number of hydrogen-bond acceptors (Lipinski definition) is 10. The highest BCUT2D eigenvalue weighted by Crippen LogP contribution is 2.30. The zero-order chi connectivity index (χ0) is 32.3. The number of anilines is 3. The summed E-state index contributed by atoms with van der Waals surface area (Å²) in [4.78, 5) is 51.8. The number of carbonyl (C=O) groups excluding carboxylic acids is 2. The van der Waals surface area contributed by atoms with Crippen LogP contribution < -0.4 is 21.3 Å². The quantitative estimate of drug-likeness (QED) is 0.146. The fraction of sp³-hybridized carbons (Fsp3) is 0.500. The molecule has 246 valence electrons. The van der Waals surface area contributed by atoms with E-state index in [9.17, 15) is 14.4 Å². The van der Waals surface area contributed by atoms with Crippen LogP contribution in [0.4, 0.5) is 22.1 Å². The first kappa shape index (κ1) is 32.8. The number of nitrogens with zero attached hydrogens (tertiary/aromatic N) is 4. The van der Waals surface area contributed by atoms with Gasteiger partial charge in [-0.1, -0.05) is 0 Å². The van der Waals surface area contributed by atoms with Crippen molar-refractivity contribution < 1.29 is 29.0 Å². The first-order valence-corrected chi connectivity index (χ1v) is 15.8. The van der Waals surface area contributed by atoms with Crippen molar-refractivity contribution in [3.05, 3.63) is 48.4 Å². The monoisotopic (exact) mass is 634 g/mol. The number of rotatable bonds is 16. The Kier molecular flexibility index (Phi) is 11.5. The van der Waals surface area contributed by atoms with Gasteiger partial charge in [0, 0.05) is 68.2 Å². The van der Waals surface area contributed by atoms with Gasteiger partial charge in [-0.15, -0.1) is 0 Å². The van der Waals surface area contributed by atoms with E-state index in [0.29, 0.717) is 62.4 Å². The Morgan fingerprint density at radius 1 is 0.935 bits per heavy atom. The number of carbonyl (C=O) groups is 3. The van der Waals surface area contributed by atoms with E-state index >= 15 is 0 Å². The van der Waals surface area contributed by atoms with Crippen LogP contribution in [0.3, 0.4) is 0 Å². The number of amides is 3. The second-order valence-corrected chi connectivity index (χ2v) is 11.7. The lowest BCUT2D eigenvalue weighted by Crippen LogP contribution is -2.42. The van der Waals surface area contributed by atoms with E-state index < -0.39 is 6.09 Å². The van der Waals surface area contributed by atoms with Crippen LogP contribution in [0.5, 0.6) is 0 Å². The van der Waals surface area contributed by atoms with Crippen LogP contribution in [0.15, 0.2) is 42.9 Å². The molecule has 0 unspecified atom stereocenters. The van der Waals surface area contributed by atoms with Crippen molar-refractivity contribution in [3.8, 4) is 0 Å². The van der Waals surface area contributed by atoms with Gasteiger partial charge >= 0.3 is 6.09 Å². The van der Waals surface area contributed by atoms with Crippen LogP contribution in [-0.4, -0.2) is 102 Å². The van der Waals surface area contributed by atoms with Gasteiger partial charge in [-0.05, 0) is 56.7 Å². The van der Waals surface area contributed by atoms with Crippen molar-refractivity contribution >= 4 is 46.1 Å². The van der Waals surface area contributed by atoms with Gasteiger partial charge in [0.2, 0.25) is 5.91 Å². The minimum absolute atomic E-state index is 0.0150. The largest absolute Gasteiger partial charge is 0.465 e. The minimum Gasteiger partial charge on any atom is -0.465 e. The third kappa shape index (κ3) is 9.72. The number of likely N-dealkylation sites (N-methyl/N-ethyl adjacent to an activating group) is 1. The van der Waals surface area contributed by atoms with E-state index in [1.807, 2.05) is 24.3 Å². The standard InChI is InChI=1S/C32H42N8O6/c1-40(13-15-46-17-16-45-14-12-34-32(43)44)31(42)21-2-5-24(6-3-21)37-30(41)25-20-35-29(18-27(25)36-23-7-8-23)39-28-9-4-22-19-33-11-10-26(22)38-28/h4,9-11,18-21,23-24,34H,2-3,5-8,12-17H2,1H3,(H,37,41)(H,43,44)(H2,35,36,38,39). The number of carboxylic acid groups (broad SMARTS) is 1. The summed E-state index contributed by atoms with van der Waals surface area (Å²) in [5.41, 5.74) is 2.06. The second-order valence-electron chi connectivity index (χ2n) is 11.7. The fourth-order valence-corrected chi connectivity index (χ4v) is 5.36. The topological polar surface area (TPSA) is 180 Å². The van der Waals surface area contributed by atoms with Crippen molar-refractivity contribution in [2.45, 2.75) is 50.6 Å². The third-order valence-electron chi connectivity index (χ3n) is 8.08. The molecule has 0 radical (unpaired) electrons. The van der Waals surface area contributed by atoms with Crippen LogP contribution in [0.2, 0.25) is 0 Å². The summed E-state index contributed by atoms with van der Waals surface area (Å²) in [5, 5.41) is 21.6. The number of pyridine rings is 3. The summed E-state index contributed by atoms with van der Waals surface area (Å²) in [6.07, 6.45) is 8.98. The second kappa shape index (κ2) is 16.1.